The van der Waals surface area contributed by atoms with Gasteiger partial charge in [-0.2, -0.15) is 15.0 Å². The third-order valence-corrected chi connectivity index (χ3v) is 2.90. The molecule has 0 saturated heterocycles. The Morgan fingerprint density at radius 2 is 1.81 bits per heavy atom. The van der Waals surface area contributed by atoms with Crippen LogP contribution < -0.4 is 15.4 Å². The van der Waals surface area contributed by atoms with Crippen molar-refractivity contribution in [3.8, 4) is 6.01 Å². The number of nitrogens with zero attached hydrogens (tertiary/aromatic N) is 3. The summed E-state index contributed by atoms with van der Waals surface area (Å²) >= 11 is 0. The van der Waals surface area contributed by atoms with Gasteiger partial charge in [-0.15, -0.1) is 0 Å². The highest BCUT2D eigenvalue weighted by Crippen LogP contribution is 2.21. The number of aryl methyl sites for hydroxylation is 1. The molecule has 0 atom stereocenters. The fourth-order valence-corrected chi connectivity index (χ4v) is 1.97. The first-order valence-electron chi connectivity index (χ1n) is 7.18. The van der Waals surface area contributed by atoms with Crippen LogP contribution in [0.15, 0.2) is 24.3 Å². The molecule has 2 N–H and O–H groups in total. The van der Waals surface area contributed by atoms with Crippen molar-refractivity contribution in [3.05, 3.63) is 29.8 Å². The monoisotopic (exact) mass is 287 g/mol. The van der Waals surface area contributed by atoms with Crippen LogP contribution in [0.5, 0.6) is 6.01 Å². The first kappa shape index (κ1) is 15.0. The zero-order valence-electron chi connectivity index (χ0n) is 12.7. The van der Waals surface area contributed by atoms with E-state index in [1.807, 2.05) is 25.1 Å². The van der Waals surface area contributed by atoms with Crippen LogP contribution in [0, 0.1) is 0 Å². The maximum atomic E-state index is 5.36. The molecule has 0 bridgehead atoms. The zero-order chi connectivity index (χ0) is 15.1. The van der Waals surface area contributed by atoms with E-state index in [0.29, 0.717) is 24.5 Å². The number of benzene rings is 1. The van der Waals surface area contributed by atoms with E-state index in [-0.39, 0.29) is 0 Å². The topological polar surface area (TPSA) is 72.0 Å². The number of anilines is 3. The van der Waals surface area contributed by atoms with Crippen LogP contribution in [-0.2, 0) is 6.42 Å². The Bertz CT molecular complexity index is 588. The number of hydrogen-bond acceptors (Lipinski definition) is 6. The van der Waals surface area contributed by atoms with Crippen LogP contribution >= 0.6 is 0 Å². The van der Waals surface area contributed by atoms with E-state index in [1.165, 1.54) is 5.56 Å². The molecule has 2 rings (SSSR count). The van der Waals surface area contributed by atoms with Gasteiger partial charge in [-0.3, -0.25) is 0 Å². The van der Waals surface area contributed by atoms with Crippen molar-refractivity contribution in [1.82, 2.24) is 15.0 Å². The van der Waals surface area contributed by atoms with Crippen molar-refractivity contribution in [2.75, 3.05) is 24.3 Å². The summed E-state index contributed by atoms with van der Waals surface area (Å²) in [4.78, 5) is 12.7. The molecule has 0 amide bonds. The van der Waals surface area contributed by atoms with Gasteiger partial charge in [-0.25, -0.2) is 0 Å². The first-order chi connectivity index (χ1) is 10.3. The molecule has 0 aliphatic heterocycles. The average Bonchev–Trinajstić information content (AvgIpc) is 2.49. The number of nitrogens with one attached hydrogen (secondary N) is 2. The summed E-state index contributed by atoms with van der Waals surface area (Å²) in [6, 6.07) is 8.47. The third-order valence-electron chi connectivity index (χ3n) is 2.90. The van der Waals surface area contributed by atoms with Crippen molar-refractivity contribution in [3.63, 3.8) is 0 Å². The van der Waals surface area contributed by atoms with E-state index < -0.39 is 0 Å². The summed E-state index contributed by atoms with van der Waals surface area (Å²) < 4.78 is 5.36. The van der Waals surface area contributed by atoms with Crippen molar-refractivity contribution in [1.29, 1.82) is 0 Å². The Kier molecular flexibility index (Phi) is 5.31. The van der Waals surface area contributed by atoms with Crippen molar-refractivity contribution in [2.45, 2.75) is 26.7 Å². The predicted octanol–water partition coefficient (Wildman–Crippen LogP) is 3.01. The molecule has 1 aromatic carbocycles. The van der Waals surface area contributed by atoms with E-state index in [1.54, 1.807) is 7.05 Å². The quantitative estimate of drug-likeness (QED) is 0.815. The number of hydrogen-bond donors (Lipinski definition) is 2. The lowest BCUT2D eigenvalue weighted by Gasteiger charge is -2.11. The molecule has 0 unspecified atom stereocenters. The maximum absolute atomic E-state index is 5.36. The van der Waals surface area contributed by atoms with Crippen LogP contribution in [0.1, 0.15) is 25.8 Å². The van der Waals surface area contributed by atoms with Crippen LogP contribution in [0.3, 0.4) is 0 Å². The SMILES string of the molecule is CCCc1ccccc1Nc1nc(NC)nc(OCC)n1. The molecular formula is C15H21N5O. The van der Waals surface area contributed by atoms with Crippen LogP contribution in [-0.4, -0.2) is 28.6 Å². The fraction of sp³-hybridized carbons (Fsp3) is 0.400. The predicted molar refractivity (Wildman–Crippen MR) is 84.3 cm³/mol. The van der Waals surface area contributed by atoms with Gasteiger partial charge in [0.2, 0.25) is 11.9 Å². The zero-order valence-corrected chi connectivity index (χ0v) is 12.7. The lowest BCUT2D eigenvalue weighted by molar-refractivity contribution is 0.312. The molecule has 0 aliphatic rings. The van der Waals surface area contributed by atoms with E-state index in [2.05, 4.69) is 38.6 Å². The van der Waals surface area contributed by atoms with Gasteiger partial charge in [-0.1, -0.05) is 31.5 Å². The standard InChI is InChI=1S/C15H21N5O/c1-4-8-11-9-6-7-10-12(11)17-14-18-13(16-3)19-15(20-14)21-5-2/h6-7,9-10H,4-5,8H2,1-3H3,(H2,16,17,18,19,20). The average molecular weight is 287 g/mol. The van der Waals surface area contributed by atoms with Crippen LogP contribution in [0.4, 0.5) is 17.6 Å². The van der Waals surface area contributed by atoms with Gasteiger partial charge in [0, 0.05) is 12.7 Å². The first-order valence-corrected chi connectivity index (χ1v) is 7.18. The smallest absolute Gasteiger partial charge is 0.323 e. The van der Waals surface area contributed by atoms with E-state index >= 15 is 0 Å². The molecule has 6 heteroatoms. The Morgan fingerprint density at radius 3 is 2.52 bits per heavy atom. The molecule has 112 valence electrons. The van der Waals surface area contributed by atoms with Crippen LogP contribution in [0.2, 0.25) is 0 Å². The molecule has 0 spiro atoms. The largest absolute Gasteiger partial charge is 0.464 e. The molecular weight excluding hydrogens is 266 g/mol. The van der Waals surface area contributed by atoms with Crippen molar-refractivity contribution >= 4 is 17.6 Å². The molecule has 1 heterocycles. The molecule has 1 aromatic heterocycles. The lowest BCUT2D eigenvalue weighted by Crippen LogP contribution is -2.07. The Hall–Kier alpha value is -2.37. The van der Waals surface area contributed by atoms with Gasteiger partial charge in [0.25, 0.3) is 0 Å². The number of aromatic nitrogens is 3. The summed E-state index contributed by atoms with van der Waals surface area (Å²) in [7, 11) is 1.76. The normalized spacial score (nSPS) is 10.2. The minimum atomic E-state index is 0.312. The second-order valence-electron chi connectivity index (χ2n) is 4.48. The highest BCUT2D eigenvalue weighted by atomic mass is 16.5. The maximum Gasteiger partial charge on any atom is 0.323 e. The lowest BCUT2D eigenvalue weighted by atomic mass is 10.1. The summed E-state index contributed by atoms with van der Waals surface area (Å²) in [5.74, 6) is 0.949. The molecule has 0 aliphatic carbocycles. The number of ether oxygens (including phenoxy) is 1. The van der Waals surface area contributed by atoms with Gasteiger partial charge in [-0.05, 0) is 25.0 Å². The fourth-order valence-electron chi connectivity index (χ4n) is 1.97. The summed E-state index contributed by atoms with van der Waals surface area (Å²) in [5.41, 5.74) is 2.25. The van der Waals surface area contributed by atoms with E-state index in [9.17, 15) is 0 Å². The second kappa shape index (κ2) is 7.42. The highest BCUT2D eigenvalue weighted by Gasteiger charge is 2.08. The van der Waals surface area contributed by atoms with Crippen molar-refractivity contribution in [2.24, 2.45) is 0 Å². The molecule has 0 radical (unpaired) electrons. The molecule has 0 saturated carbocycles. The Balaban J connectivity index is 2.28. The third kappa shape index (κ3) is 4.05. The highest BCUT2D eigenvalue weighted by molar-refractivity contribution is 5.59. The molecule has 6 nitrogen and oxygen atoms in total. The van der Waals surface area contributed by atoms with Gasteiger partial charge >= 0.3 is 6.01 Å². The minimum Gasteiger partial charge on any atom is -0.464 e. The number of rotatable bonds is 7. The molecule has 2 aromatic rings. The van der Waals surface area contributed by atoms with Gasteiger partial charge in [0.05, 0.1) is 6.61 Å². The van der Waals surface area contributed by atoms with Crippen LogP contribution in [0.25, 0.3) is 0 Å². The van der Waals surface area contributed by atoms with Crippen molar-refractivity contribution < 1.29 is 4.74 Å². The molecule has 21 heavy (non-hydrogen) atoms. The Morgan fingerprint density at radius 1 is 1.05 bits per heavy atom. The van der Waals surface area contributed by atoms with E-state index in [4.69, 9.17) is 4.74 Å². The summed E-state index contributed by atoms with van der Waals surface area (Å²) in [6.45, 7) is 4.57. The van der Waals surface area contributed by atoms with E-state index in [0.717, 1.165) is 18.5 Å². The minimum absolute atomic E-state index is 0.312. The molecule has 0 fully saturated rings. The summed E-state index contributed by atoms with van der Waals surface area (Å²) in [5, 5.41) is 6.16. The summed E-state index contributed by atoms with van der Waals surface area (Å²) in [6.07, 6.45) is 2.09. The second-order valence-corrected chi connectivity index (χ2v) is 4.48. The number of para-hydroxylation sites is 1. The van der Waals surface area contributed by atoms with Gasteiger partial charge in [0.15, 0.2) is 0 Å². The Labute approximate surface area is 125 Å². The van der Waals surface area contributed by atoms with Gasteiger partial charge < -0.3 is 15.4 Å². The van der Waals surface area contributed by atoms with Gasteiger partial charge in [0.1, 0.15) is 0 Å².